The number of aliphatic hydroxyl groups excluding tert-OH is 1. The Morgan fingerprint density at radius 2 is 2.29 bits per heavy atom. The summed E-state index contributed by atoms with van der Waals surface area (Å²) < 4.78 is 27.8. The van der Waals surface area contributed by atoms with Crippen molar-refractivity contribution in [3.63, 3.8) is 0 Å². The Morgan fingerprint density at radius 1 is 1.64 bits per heavy atom. The highest BCUT2D eigenvalue weighted by Crippen LogP contribution is 2.21. The highest BCUT2D eigenvalue weighted by Gasteiger charge is 2.36. The van der Waals surface area contributed by atoms with E-state index >= 15 is 0 Å². The summed E-state index contributed by atoms with van der Waals surface area (Å²) in [5.41, 5.74) is 0. The van der Waals surface area contributed by atoms with Gasteiger partial charge in [0.05, 0.1) is 25.3 Å². The van der Waals surface area contributed by atoms with E-state index in [1.165, 1.54) is 0 Å². The first-order chi connectivity index (χ1) is 6.54. The summed E-state index contributed by atoms with van der Waals surface area (Å²) in [4.78, 5) is 11.5. The number of nitrogens with zero attached hydrogens (tertiary/aromatic N) is 1. The van der Waals surface area contributed by atoms with Gasteiger partial charge in [0.2, 0.25) is 0 Å². The van der Waals surface area contributed by atoms with Gasteiger partial charge in [-0.1, -0.05) is 0 Å². The standard InChI is InChI=1S/C7H11F2NO4/c8-6(9)14-5-1-4(3-11)10(2-5)7(12)13/h4-6,11H,1-3H2,(H,12,13). The van der Waals surface area contributed by atoms with E-state index in [9.17, 15) is 13.6 Å². The van der Waals surface area contributed by atoms with E-state index in [-0.39, 0.29) is 19.6 Å². The number of alkyl halides is 2. The summed E-state index contributed by atoms with van der Waals surface area (Å²) in [6.45, 7) is -3.41. The maximum Gasteiger partial charge on any atom is 0.407 e. The summed E-state index contributed by atoms with van der Waals surface area (Å²) >= 11 is 0. The van der Waals surface area contributed by atoms with Crippen LogP contribution in [0.25, 0.3) is 0 Å². The van der Waals surface area contributed by atoms with Gasteiger partial charge in [-0.05, 0) is 6.42 Å². The second-order valence-corrected chi connectivity index (χ2v) is 3.03. The molecule has 0 saturated carbocycles. The van der Waals surface area contributed by atoms with Crippen molar-refractivity contribution in [3.8, 4) is 0 Å². The van der Waals surface area contributed by atoms with E-state index in [0.29, 0.717) is 0 Å². The van der Waals surface area contributed by atoms with Crippen LogP contribution < -0.4 is 0 Å². The molecule has 0 aromatic rings. The molecule has 2 atom stereocenters. The van der Waals surface area contributed by atoms with Crippen LogP contribution in [0.1, 0.15) is 6.42 Å². The first-order valence-corrected chi connectivity index (χ1v) is 4.08. The molecule has 2 N–H and O–H groups in total. The number of halogens is 2. The summed E-state index contributed by atoms with van der Waals surface area (Å²) in [6.07, 6.45) is -1.96. The van der Waals surface area contributed by atoms with Crippen molar-refractivity contribution < 1.29 is 28.5 Å². The molecular weight excluding hydrogens is 200 g/mol. The first-order valence-electron chi connectivity index (χ1n) is 4.08. The van der Waals surface area contributed by atoms with Gasteiger partial charge in [-0.2, -0.15) is 8.78 Å². The number of hydrogen-bond acceptors (Lipinski definition) is 3. The maximum atomic E-state index is 11.8. The molecule has 82 valence electrons. The predicted molar refractivity (Wildman–Crippen MR) is 41.1 cm³/mol. The third-order valence-electron chi connectivity index (χ3n) is 2.13. The number of carbonyl (C=O) groups is 1. The van der Waals surface area contributed by atoms with Gasteiger partial charge in [-0.3, -0.25) is 0 Å². The van der Waals surface area contributed by atoms with Gasteiger partial charge in [0.1, 0.15) is 0 Å². The minimum absolute atomic E-state index is 0.104. The fourth-order valence-corrected chi connectivity index (χ4v) is 1.53. The third-order valence-corrected chi connectivity index (χ3v) is 2.13. The molecule has 7 heteroatoms. The highest BCUT2D eigenvalue weighted by molar-refractivity contribution is 5.66. The van der Waals surface area contributed by atoms with Crippen LogP contribution in [0.5, 0.6) is 0 Å². The fraction of sp³-hybridized carbons (Fsp3) is 0.857. The summed E-state index contributed by atoms with van der Waals surface area (Å²) in [5.74, 6) is 0. The maximum absolute atomic E-state index is 11.8. The number of carboxylic acid groups (broad SMARTS) is 1. The van der Waals surface area contributed by atoms with E-state index in [1.807, 2.05) is 0 Å². The molecule has 0 aliphatic carbocycles. The van der Waals surface area contributed by atoms with Crippen molar-refractivity contribution in [1.29, 1.82) is 0 Å². The van der Waals surface area contributed by atoms with Crippen LogP contribution >= 0.6 is 0 Å². The van der Waals surface area contributed by atoms with Crippen LogP contribution in [0.15, 0.2) is 0 Å². The second kappa shape index (κ2) is 4.52. The highest BCUT2D eigenvalue weighted by atomic mass is 19.3. The Bertz CT molecular complexity index is 214. The molecule has 1 aliphatic rings. The van der Waals surface area contributed by atoms with Crippen LogP contribution in [0.2, 0.25) is 0 Å². The zero-order valence-electron chi connectivity index (χ0n) is 7.27. The molecule has 1 rings (SSSR count). The van der Waals surface area contributed by atoms with Crippen molar-refractivity contribution >= 4 is 6.09 Å². The van der Waals surface area contributed by atoms with Crippen molar-refractivity contribution in [3.05, 3.63) is 0 Å². The largest absolute Gasteiger partial charge is 0.465 e. The zero-order valence-corrected chi connectivity index (χ0v) is 7.27. The minimum Gasteiger partial charge on any atom is -0.465 e. The molecular formula is C7H11F2NO4. The Hall–Kier alpha value is -0.950. The van der Waals surface area contributed by atoms with Gasteiger partial charge < -0.3 is 19.8 Å². The molecule has 0 bridgehead atoms. The molecule has 0 radical (unpaired) electrons. The van der Waals surface area contributed by atoms with Crippen molar-refractivity contribution in [1.82, 2.24) is 4.90 Å². The van der Waals surface area contributed by atoms with Crippen molar-refractivity contribution in [2.45, 2.75) is 25.2 Å². The molecule has 0 aromatic carbocycles. The van der Waals surface area contributed by atoms with Crippen molar-refractivity contribution in [2.75, 3.05) is 13.2 Å². The molecule has 1 amide bonds. The quantitative estimate of drug-likeness (QED) is 0.706. The molecule has 0 spiro atoms. The molecule has 1 aliphatic heterocycles. The number of likely N-dealkylation sites (tertiary alicyclic amines) is 1. The smallest absolute Gasteiger partial charge is 0.407 e. The number of rotatable bonds is 3. The van der Waals surface area contributed by atoms with Crippen LogP contribution in [-0.4, -0.2) is 53.1 Å². The van der Waals surface area contributed by atoms with E-state index in [4.69, 9.17) is 10.2 Å². The lowest BCUT2D eigenvalue weighted by molar-refractivity contribution is -0.158. The minimum atomic E-state index is -2.91. The lowest BCUT2D eigenvalue weighted by Crippen LogP contribution is -2.36. The zero-order chi connectivity index (χ0) is 10.7. The van der Waals surface area contributed by atoms with Gasteiger partial charge in [0.15, 0.2) is 0 Å². The topological polar surface area (TPSA) is 70.0 Å². The Morgan fingerprint density at radius 3 is 2.64 bits per heavy atom. The monoisotopic (exact) mass is 211 g/mol. The molecule has 1 saturated heterocycles. The summed E-state index contributed by atoms with van der Waals surface area (Å²) in [7, 11) is 0. The molecule has 0 aromatic heterocycles. The molecule has 2 unspecified atom stereocenters. The number of aliphatic hydroxyl groups is 1. The fourth-order valence-electron chi connectivity index (χ4n) is 1.53. The number of ether oxygens (including phenoxy) is 1. The first kappa shape index (κ1) is 11.1. The molecule has 14 heavy (non-hydrogen) atoms. The van der Waals surface area contributed by atoms with Crippen LogP contribution in [0.3, 0.4) is 0 Å². The second-order valence-electron chi connectivity index (χ2n) is 3.03. The van der Waals surface area contributed by atoms with E-state index in [1.54, 1.807) is 0 Å². The third kappa shape index (κ3) is 2.52. The predicted octanol–water partition coefficient (Wildman–Crippen LogP) is 0.339. The van der Waals surface area contributed by atoms with Crippen LogP contribution in [0, 0.1) is 0 Å². The van der Waals surface area contributed by atoms with Crippen molar-refractivity contribution in [2.24, 2.45) is 0 Å². The lowest BCUT2D eigenvalue weighted by atomic mass is 10.2. The Labute approximate surface area is 78.9 Å². The van der Waals surface area contributed by atoms with Gasteiger partial charge in [0.25, 0.3) is 0 Å². The average Bonchev–Trinajstić information content (AvgIpc) is 2.46. The molecule has 1 fully saturated rings. The lowest BCUT2D eigenvalue weighted by Gasteiger charge is -2.18. The van der Waals surface area contributed by atoms with Gasteiger partial charge in [0, 0.05) is 0 Å². The Balaban J connectivity index is 2.52. The van der Waals surface area contributed by atoms with E-state index in [2.05, 4.69) is 4.74 Å². The molecule has 1 heterocycles. The number of amides is 1. The van der Waals surface area contributed by atoms with E-state index in [0.717, 1.165) is 4.90 Å². The Kier molecular flexibility index (Phi) is 3.59. The van der Waals surface area contributed by atoms with Crippen LogP contribution in [-0.2, 0) is 4.74 Å². The van der Waals surface area contributed by atoms with Gasteiger partial charge >= 0.3 is 12.7 Å². The van der Waals surface area contributed by atoms with E-state index < -0.39 is 24.9 Å². The molecule has 5 nitrogen and oxygen atoms in total. The summed E-state index contributed by atoms with van der Waals surface area (Å²) in [5, 5.41) is 17.4. The SMILES string of the molecule is O=C(O)N1CC(OC(F)F)CC1CO. The van der Waals surface area contributed by atoms with Crippen LogP contribution in [0.4, 0.5) is 13.6 Å². The van der Waals surface area contributed by atoms with Gasteiger partial charge in [-0.25, -0.2) is 4.79 Å². The number of hydrogen-bond donors (Lipinski definition) is 2. The summed E-state index contributed by atoms with van der Waals surface area (Å²) in [6, 6.07) is -0.642. The normalized spacial score (nSPS) is 27.3. The van der Waals surface area contributed by atoms with Gasteiger partial charge in [-0.15, -0.1) is 0 Å². The average molecular weight is 211 g/mol.